The van der Waals surface area contributed by atoms with Gasteiger partial charge in [-0.3, -0.25) is 14.9 Å². The molecule has 184 valence electrons. The third kappa shape index (κ3) is 6.40. The molecule has 9 heteroatoms. The van der Waals surface area contributed by atoms with Crippen LogP contribution in [-0.2, 0) is 22.3 Å². The topological polar surface area (TPSA) is 83.1 Å². The third-order valence-corrected chi connectivity index (χ3v) is 5.96. The number of alkyl halides is 3. The minimum Gasteiger partial charge on any atom is -0.352 e. The lowest BCUT2D eigenvalue weighted by Gasteiger charge is -2.33. The zero-order valence-corrected chi connectivity index (χ0v) is 19.5. The molecule has 1 aliphatic heterocycles. The van der Waals surface area contributed by atoms with Crippen molar-refractivity contribution in [3.05, 3.63) is 64.5 Å². The fraction of sp³-hybridized carbons (Fsp3) is 0.423. The van der Waals surface area contributed by atoms with Gasteiger partial charge in [0.05, 0.1) is 5.56 Å². The van der Waals surface area contributed by atoms with Gasteiger partial charge in [-0.2, -0.15) is 13.2 Å². The minimum absolute atomic E-state index is 0.0662. The lowest BCUT2D eigenvalue weighted by Crippen LogP contribution is -2.47. The van der Waals surface area contributed by atoms with Crippen LogP contribution in [-0.4, -0.2) is 16.8 Å². The van der Waals surface area contributed by atoms with Crippen molar-refractivity contribution >= 4 is 11.8 Å². The van der Waals surface area contributed by atoms with Gasteiger partial charge in [0.1, 0.15) is 11.9 Å². The quantitative estimate of drug-likeness (QED) is 0.561. The van der Waals surface area contributed by atoms with Gasteiger partial charge in [-0.05, 0) is 48.1 Å². The molecule has 2 fully saturated rings. The first-order valence-electron chi connectivity index (χ1n) is 11.6. The molecular formula is C26H27F3N4O2. The maximum absolute atomic E-state index is 13.8. The summed E-state index contributed by atoms with van der Waals surface area (Å²) in [5.74, 6) is 5.78. The highest BCUT2D eigenvalue weighted by Gasteiger charge is 2.38. The van der Waals surface area contributed by atoms with E-state index in [0.29, 0.717) is 22.7 Å². The molecule has 2 heterocycles. The standard InChI is InChI=1S/C26H27F3N4O2/c1-15(2)25(35)31-13-17-6-10-21(26(27,28)29)20(11-17)24-32-22(12-23(34)33-24)18-7-9-19(30-14-18)8-5-16-3-4-16/h6-7,9-11,14-16,22,24,32H,3-4,12-13H2,1-2H3,(H,31,35)(H,33,34). The number of benzene rings is 1. The molecular weight excluding hydrogens is 457 g/mol. The molecule has 0 radical (unpaired) electrons. The van der Waals surface area contributed by atoms with Gasteiger partial charge >= 0.3 is 6.18 Å². The second kappa shape index (κ2) is 10.1. The zero-order chi connectivity index (χ0) is 25.2. The number of hydrogen-bond donors (Lipinski definition) is 3. The van der Waals surface area contributed by atoms with E-state index in [-0.39, 0.29) is 36.3 Å². The van der Waals surface area contributed by atoms with E-state index in [9.17, 15) is 22.8 Å². The Bertz CT molecular complexity index is 1160. The average molecular weight is 485 g/mol. The molecule has 35 heavy (non-hydrogen) atoms. The molecule has 2 aromatic rings. The normalized spacial score (nSPS) is 20.1. The summed E-state index contributed by atoms with van der Waals surface area (Å²) in [7, 11) is 0. The van der Waals surface area contributed by atoms with Crippen LogP contribution in [0.15, 0.2) is 36.5 Å². The summed E-state index contributed by atoms with van der Waals surface area (Å²) in [6, 6.07) is 6.72. The molecule has 2 atom stereocenters. The fourth-order valence-corrected chi connectivity index (χ4v) is 3.79. The average Bonchev–Trinajstić information content (AvgIpc) is 3.65. The van der Waals surface area contributed by atoms with Gasteiger partial charge in [0.25, 0.3) is 0 Å². The number of carbonyl (C=O) groups excluding carboxylic acids is 2. The van der Waals surface area contributed by atoms with E-state index >= 15 is 0 Å². The Labute approximate surface area is 202 Å². The van der Waals surface area contributed by atoms with Crippen LogP contribution in [0.1, 0.15) is 73.3 Å². The summed E-state index contributed by atoms with van der Waals surface area (Å²) in [5, 5.41) is 8.46. The SMILES string of the molecule is CC(C)C(=O)NCc1ccc(C(F)(F)F)c(C2NC(=O)CC(c3ccc(C#CC4CC4)nc3)N2)c1. The minimum atomic E-state index is -4.61. The summed E-state index contributed by atoms with van der Waals surface area (Å²) < 4.78 is 41.5. The first kappa shape index (κ1) is 24.7. The van der Waals surface area contributed by atoms with Crippen molar-refractivity contribution in [1.82, 2.24) is 20.9 Å². The Morgan fingerprint density at radius 1 is 1.23 bits per heavy atom. The van der Waals surface area contributed by atoms with Gasteiger partial charge in [0, 0.05) is 42.6 Å². The van der Waals surface area contributed by atoms with Crippen LogP contribution >= 0.6 is 0 Å². The number of nitrogens with one attached hydrogen (secondary N) is 3. The number of carbonyl (C=O) groups is 2. The first-order chi connectivity index (χ1) is 16.6. The molecule has 1 saturated heterocycles. The molecule has 2 amide bonds. The number of aromatic nitrogens is 1. The van der Waals surface area contributed by atoms with Crippen molar-refractivity contribution in [2.24, 2.45) is 11.8 Å². The van der Waals surface area contributed by atoms with Crippen LogP contribution in [0.4, 0.5) is 13.2 Å². The Kier molecular flexibility index (Phi) is 7.13. The summed E-state index contributed by atoms with van der Waals surface area (Å²) >= 11 is 0. The molecule has 1 aliphatic carbocycles. The Hall–Kier alpha value is -3.38. The molecule has 2 aliphatic rings. The number of hydrogen-bond acceptors (Lipinski definition) is 4. The fourth-order valence-electron chi connectivity index (χ4n) is 3.79. The van der Waals surface area contributed by atoms with Gasteiger partial charge in [0.15, 0.2) is 0 Å². The number of pyridine rings is 1. The van der Waals surface area contributed by atoms with Crippen molar-refractivity contribution in [1.29, 1.82) is 0 Å². The van der Waals surface area contributed by atoms with Crippen LogP contribution in [0.3, 0.4) is 0 Å². The monoisotopic (exact) mass is 484 g/mol. The van der Waals surface area contributed by atoms with Crippen LogP contribution in [0.2, 0.25) is 0 Å². The highest BCUT2D eigenvalue weighted by molar-refractivity contribution is 5.78. The molecule has 3 N–H and O–H groups in total. The molecule has 1 saturated carbocycles. The maximum Gasteiger partial charge on any atom is 0.416 e. The second-order valence-electron chi connectivity index (χ2n) is 9.24. The van der Waals surface area contributed by atoms with Gasteiger partial charge in [-0.1, -0.05) is 31.9 Å². The third-order valence-electron chi connectivity index (χ3n) is 5.96. The molecule has 2 unspecified atom stereocenters. The van der Waals surface area contributed by atoms with Crippen molar-refractivity contribution in [3.8, 4) is 11.8 Å². The highest BCUT2D eigenvalue weighted by Crippen LogP contribution is 2.36. The molecule has 1 aromatic heterocycles. The maximum atomic E-state index is 13.8. The molecule has 0 spiro atoms. The van der Waals surface area contributed by atoms with E-state index in [0.717, 1.165) is 18.9 Å². The highest BCUT2D eigenvalue weighted by atomic mass is 19.4. The lowest BCUT2D eigenvalue weighted by molar-refractivity contribution is -0.139. The lowest BCUT2D eigenvalue weighted by atomic mass is 9.96. The summed E-state index contributed by atoms with van der Waals surface area (Å²) in [6.07, 6.45) is -1.79. The van der Waals surface area contributed by atoms with Gasteiger partial charge in [-0.15, -0.1) is 0 Å². The predicted molar refractivity (Wildman–Crippen MR) is 123 cm³/mol. The molecule has 6 nitrogen and oxygen atoms in total. The Morgan fingerprint density at radius 3 is 2.63 bits per heavy atom. The number of nitrogens with zero attached hydrogens (tertiary/aromatic N) is 1. The number of rotatable bonds is 5. The first-order valence-corrected chi connectivity index (χ1v) is 11.6. The van der Waals surface area contributed by atoms with Crippen molar-refractivity contribution in [2.45, 2.75) is 58.0 Å². The van der Waals surface area contributed by atoms with E-state index in [1.807, 2.05) is 0 Å². The van der Waals surface area contributed by atoms with Crippen molar-refractivity contribution in [3.63, 3.8) is 0 Å². The van der Waals surface area contributed by atoms with E-state index in [2.05, 4.69) is 32.8 Å². The zero-order valence-electron chi connectivity index (χ0n) is 19.5. The summed E-state index contributed by atoms with van der Waals surface area (Å²) in [6.45, 7) is 3.55. The number of amides is 2. The number of halogens is 3. The van der Waals surface area contributed by atoms with Crippen LogP contribution in [0.5, 0.6) is 0 Å². The predicted octanol–water partition coefficient (Wildman–Crippen LogP) is 3.98. The van der Waals surface area contributed by atoms with Crippen LogP contribution in [0, 0.1) is 23.7 Å². The molecule has 4 rings (SSSR count). The van der Waals surface area contributed by atoms with Gasteiger partial charge < -0.3 is 10.6 Å². The van der Waals surface area contributed by atoms with Crippen LogP contribution < -0.4 is 16.0 Å². The van der Waals surface area contributed by atoms with E-state index in [1.54, 1.807) is 32.2 Å². The Balaban J connectivity index is 1.57. The van der Waals surface area contributed by atoms with Gasteiger partial charge in [0.2, 0.25) is 11.8 Å². The van der Waals surface area contributed by atoms with Crippen molar-refractivity contribution < 1.29 is 22.8 Å². The molecule has 1 aromatic carbocycles. The smallest absolute Gasteiger partial charge is 0.352 e. The summed E-state index contributed by atoms with van der Waals surface area (Å²) in [4.78, 5) is 28.7. The van der Waals surface area contributed by atoms with Crippen molar-refractivity contribution in [2.75, 3.05) is 0 Å². The van der Waals surface area contributed by atoms with E-state index in [4.69, 9.17) is 0 Å². The second-order valence-corrected chi connectivity index (χ2v) is 9.24. The van der Waals surface area contributed by atoms with Crippen LogP contribution in [0.25, 0.3) is 0 Å². The largest absolute Gasteiger partial charge is 0.416 e. The molecule has 0 bridgehead atoms. The summed E-state index contributed by atoms with van der Waals surface area (Å²) in [5.41, 5.74) is 0.856. The van der Waals surface area contributed by atoms with E-state index in [1.165, 1.54) is 12.1 Å². The van der Waals surface area contributed by atoms with Gasteiger partial charge in [-0.25, -0.2) is 4.98 Å². The van der Waals surface area contributed by atoms with E-state index < -0.39 is 23.9 Å². The Morgan fingerprint density at radius 2 is 2.00 bits per heavy atom.